The summed E-state index contributed by atoms with van der Waals surface area (Å²) in [7, 11) is 0. The van der Waals surface area contributed by atoms with Gasteiger partial charge in [-0.15, -0.1) is 0 Å². The molecule has 0 spiro atoms. The third-order valence-electron chi connectivity index (χ3n) is 4.46. The normalized spacial score (nSPS) is 17.8. The van der Waals surface area contributed by atoms with Crippen LogP contribution >= 0.6 is 0 Å². The van der Waals surface area contributed by atoms with E-state index in [0.29, 0.717) is 35.8 Å². The molecule has 0 radical (unpaired) electrons. The Labute approximate surface area is 158 Å². The van der Waals surface area contributed by atoms with Crippen LogP contribution in [-0.2, 0) is 15.7 Å². The molecule has 0 atom stereocenters. The van der Waals surface area contributed by atoms with Crippen molar-refractivity contribution in [2.45, 2.75) is 88.9 Å². The maximum atomic E-state index is 13.0. The Morgan fingerprint density at radius 3 is 1.40 bits per heavy atom. The molecule has 0 amide bonds. The molecule has 144 valence electrons. The molecule has 1 aliphatic heterocycles. The summed E-state index contributed by atoms with van der Waals surface area (Å²) in [5.41, 5.74) is 1.14. The van der Waals surface area contributed by atoms with Crippen LogP contribution in [0.15, 0.2) is 11.1 Å². The molecule has 0 bridgehead atoms. The summed E-state index contributed by atoms with van der Waals surface area (Å²) in [6.45, 7) is 12.5. The van der Waals surface area contributed by atoms with E-state index in [1.807, 2.05) is 0 Å². The molecule has 0 aromatic rings. The number of hydrogen-bond donors (Lipinski definition) is 0. The summed E-state index contributed by atoms with van der Waals surface area (Å²) in [5, 5.41) is 0. The molecule has 0 aromatic heterocycles. The van der Waals surface area contributed by atoms with E-state index in [0.717, 1.165) is 34.6 Å². The molecular weight excluding hydrogens is 423 g/mol. The number of unbranched alkanes of at least 4 members (excludes halogenated alkanes) is 2. The van der Waals surface area contributed by atoms with Gasteiger partial charge in [0.1, 0.15) is 0 Å². The van der Waals surface area contributed by atoms with Gasteiger partial charge in [0.2, 0.25) is 0 Å². The van der Waals surface area contributed by atoms with Crippen molar-refractivity contribution in [3.63, 3.8) is 0 Å². The van der Waals surface area contributed by atoms with Gasteiger partial charge in [-0.3, -0.25) is 0 Å². The fraction of sp³-hybridized carbons (Fsp3) is 0.800. The van der Waals surface area contributed by atoms with E-state index in [2.05, 4.69) is 41.5 Å². The van der Waals surface area contributed by atoms with Crippen molar-refractivity contribution in [2.75, 3.05) is 0 Å². The molecule has 4 nitrogen and oxygen atoms in total. The Morgan fingerprint density at radius 1 is 0.760 bits per heavy atom. The minimum atomic E-state index is -3.71. The first-order valence-corrected chi connectivity index (χ1v) is 16.3. The molecule has 0 saturated heterocycles. The fourth-order valence-electron chi connectivity index (χ4n) is 3.18. The third kappa shape index (κ3) is 6.95. The average Bonchev–Trinajstić information content (AvgIpc) is 2.61. The number of rotatable bonds is 10. The molecule has 1 aliphatic rings. The summed E-state index contributed by atoms with van der Waals surface area (Å²) < 4.78 is 13.7. The van der Waals surface area contributed by atoms with E-state index in [4.69, 9.17) is 6.15 Å². The summed E-state index contributed by atoms with van der Waals surface area (Å²) in [5.74, 6) is 0.0643. The van der Waals surface area contributed by atoms with Gasteiger partial charge in [0.15, 0.2) is 0 Å². The van der Waals surface area contributed by atoms with Crippen molar-refractivity contribution in [3.05, 3.63) is 11.1 Å². The molecule has 1 rings (SSSR count). The molecule has 0 saturated carbocycles. The molecule has 25 heavy (non-hydrogen) atoms. The Balaban J connectivity index is 3.23. The first-order chi connectivity index (χ1) is 11.7. The van der Waals surface area contributed by atoms with Crippen molar-refractivity contribution in [3.8, 4) is 0 Å². The molecule has 0 unspecified atom stereocenters. The Hall–Kier alpha value is -0.521. The molecule has 5 heteroatoms. The van der Waals surface area contributed by atoms with Crippen LogP contribution in [0.1, 0.15) is 80.1 Å². The van der Waals surface area contributed by atoms with Gasteiger partial charge in [-0.05, 0) is 0 Å². The first kappa shape index (κ1) is 22.5. The monoisotopic (exact) mass is 460 g/mol. The zero-order valence-corrected chi connectivity index (χ0v) is 19.8. The average molecular weight is 459 g/mol. The van der Waals surface area contributed by atoms with E-state index in [1.165, 1.54) is 0 Å². The second-order valence-corrected chi connectivity index (χ2v) is 17.3. The van der Waals surface area contributed by atoms with Gasteiger partial charge in [-0.2, -0.15) is 0 Å². The van der Waals surface area contributed by atoms with E-state index in [1.54, 1.807) is 0 Å². The van der Waals surface area contributed by atoms with Crippen molar-refractivity contribution < 1.29 is 15.7 Å². The van der Waals surface area contributed by atoms with Crippen LogP contribution in [0.4, 0.5) is 0 Å². The van der Waals surface area contributed by atoms with Gasteiger partial charge in [0.05, 0.1) is 0 Å². The van der Waals surface area contributed by atoms with Crippen LogP contribution in [0.25, 0.3) is 0 Å². The fourth-order valence-corrected chi connectivity index (χ4v) is 12.9. The number of carbonyl (C=O) groups excluding carboxylic acids is 2. The van der Waals surface area contributed by atoms with Crippen LogP contribution in [-0.4, -0.2) is 31.1 Å². The van der Waals surface area contributed by atoms with Gasteiger partial charge in [0, 0.05) is 0 Å². The number of hydrogen-bond acceptors (Lipinski definition) is 4. The van der Waals surface area contributed by atoms with Crippen LogP contribution in [0.2, 0.25) is 8.87 Å². The zero-order chi connectivity index (χ0) is 19.0. The predicted octanol–water partition coefficient (Wildman–Crippen LogP) is 5.52. The summed E-state index contributed by atoms with van der Waals surface area (Å²) in [6.07, 6.45) is 5.12. The van der Waals surface area contributed by atoms with Crippen LogP contribution < -0.4 is 0 Å². The van der Waals surface area contributed by atoms with Gasteiger partial charge < -0.3 is 0 Å². The second kappa shape index (κ2) is 10.6. The van der Waals surface area contributed by atoms with Gasteiger partial charge in [0.25, 0.3) is 0 Å². The van der Waals surface area contributed by atoms with Crippen molar-refractivity contribution >= 4 is 31.1 Å². The molecule has 1 heterocycles. The molecule has 0 fully saturated rings. The van der Waals surface area contributed by atoms with E-state index in [9.17, 15) is 9.59 Å². The summed E-state index contributed by atoms with van der Waals surface area (Å²) >= 11 is -3.71. The van der Waals surface area contributed by atoms with E-state index < -0.39 is 19.2 Å². The molecule has 0 N–H and O–H groups in total. The topological polar surface area (TPSA) is 52.6 Å². The Morgan fingerprint density at radius 2 is 1.12 bits per heavy atom. The standard InChI is InChI=1S/C12H20O4.2C4H9.Sn/c1-7(2)5-9(11(13)14)10(12(15)16)6-8(3)4;2*1-3-4-2;/h7-8H,5-6H2,1-4H3,(H,13,14)(H,15,16);2*1,3-4H2,2H3;/q;;;+2/p-2. The zero-order valence-electron chi connectivity index (χ0n) is 16.9. The third-order valence-corrected chi connectivity index (χ3v) is 14.0. The van der Waals surface area contributed by atoms with Gasteiger partial charge in [-0.25, -0.2) is 0 Å². The molecular formula is C20H36O4Sn. The van der Waals surface area contributed by atoms with Crippen LogP contribution in [0.5, 0.6) is 0 Å². The maximum absolute atomic E-state index is 13.0. The second-order valence-electron chi connectivity index (χ2n) is 8.05. The summed E-state index contributed by atoms with van der Waals surface area (Å²) in [6, 6.07) is 0. The van der Waals surface area contributed by atoms with Gasteiger partial charge >= 0.3 is 159 Å². The van der Waals surface area contributed by atoms with Crippen LogP contribution in [0.3, 0.4) is 0 Å². The van der Waals surface area contributed by atoms with E-state index >= 15 is 0 Å². The quantitative estimate of drug-likeness (QED) is 0.404. The SMILES string of the molecule is CCC[CH2][Sn]1([CH2]CCC)[O]C(=O)C(CC(C)C)=C(CC(C)C)C(=O)[O]1. The van der Waals surface area contributed by atoms with E-state index in [-0.39, 0.29) is 11.9 Å². The minimum absolute atomic E-state index is 0.266. The molecule has 0 aromatic carbocycles. The van der Waals surface area contributed by atoms with Crippen LogP contribution in [0, 0.1) is 11.8 Å². The first-order valence-electron chi connectivity index (χ1n) is 9.93. The number of carbonyl (C=O) groups is 2. The predicted molar refractivity (Wildman–Crippen MR) is 103 cm³/mol. The summed E-state index contributed by atoms with van der Waals surface area (Å²) in [4.78, 5) is 25.9. The van der Waals surface area contributed by atoms with Gasteiger partial charge in [-0.1, -0.05) is 0 Å². The Kier molecular flexibility index (Phi) is 9.53. The van der Waals surface area contributed by atoms with Crippen molar-refractivity contribution in [2.24, 2.45) is 11.8 Å². The Bertz CT molecular complexity index is 450. The van der Waals surface area contributed by atoms with Crippen molar-refractivity contribution in [1.82, 2.24) is 0 Å². The van der Waals surface area contributed by atoms with Crippen molar-refractivity contribution in [1.29, 1.82) is 0 Å². The molecule has 0 aliphatic carbocycles.